The van der Waals surface area contributed by atoms with Gasteiger partial charge in [-0.05, 0) is 98.0 Å². The van der Waals surface area contributed by atoms with E-state index >= 15 is 0 Å². The monoisotopic (exact) mass is 522 g/mol. The molecule has 39 heavy (non-hydrogen) atoms. The maximum Gasteiger partial charge on any atom is 0.276 e. The summed E-state index contributed by atoms with van der Waals surface area (Å²) in [5.41, 5.74) is 6.07. The van der Waals surface area contributed by atoms with Crippen LogP contribution >= 0.6 is 0 Å². The van der Waals surface area contributed by atoms with Crippen molar-refractivity contribution in [2.75, 3.05) is 18.4 Å². The number of allylic oxidation sites excluding steroid dienone is 4. The van der Waals surface area contributed by atoms with Crippen LogP contribution in [-0.4, -0.2) is 33.9 Å². The fraction of sp³-hybridized carbons (Fsp3) is 0.258. The van der Waals surface area contributed by atoms with E-state index in [4.69, 9.17) is 0 Å². The lowest BCUT2D eigenvalue weighted by atomic mass is 9.97. The summed E-state index contributed by atoms with van der Waals surface area (Å²) in [7, 11) is 0. The number of amides is 1. The Morgan fingerprint density at radius 1 is 1.03 bits per heavy atom. The molecule has 0 saturated carbocycles. The molecule has 198 valence electrons. The van der Waals surface area contributed by atoms with Crippen LogP contribution in [0.4, 0.5) is 10.1 Å². The summed E-state index contributed by atoms with van der Waals surface area (Å²) in [4.78, 5) is 24.6. The molecule has 2 aliphatic heterocycles. The zero-order valence-electron chi connectivity index (χ0n) is 22.0. The summed E-state index contributed by atoms with van der Waals surface area (Å²) < 4.78 is 13.6. The summed E-state index contributed by atoms with van der Waals surface area (Å²) in [6.07, 6.45) is 15.1. The van der Waals surface area contributed by atoms with Crippen molar-refractivity contribution in [2.45, 2.75) is 39.2 Å². The van der Waals surface area contributed by atoms with Crippen LogP contribution in [0.1, 0.15) is 43.7 Å². The molecule has 0 spiro atoms. The number of halogens is 1. The lowest BCUT2D eigenvalue weighted by Gasteiger charge is -2.26. The van der Waals surface area contributed by atoms with Crippen LogP contribution in [-0.2, 0) is 11.3 Å². The number of anilines is 1. The van der Waals surface area contributed by atoms with E-state index in [1.807, 2.05) is 31.5 Å². The second kappa shape index (κ2) is 12.5. The number of carbonyl (C=O) groups is 1. The van der Waals surface area contributed by atoms with Crippen LogP contribution < -0.4 is 5.32 Å². The number of rotatable bonds is 6. The van der Waals surface area contributed by atoms with E-state index in [1.165, 1.54) is 37.0 Å². The van der Waals surface area contributed by atoms with Gasteiger partial charge in [-0.1, -0.05) is 24.6 Å². The maximum absolute atomic E-state index is 13.6. The minimum Gasteiger partial charge on any atom is -0.319 e. The predicted octanol–water partition coefficient (Wildman–Crippen LogP) is 6.93. The molecule has 2 aromatic heterocycles. The van der Waals surface area contributed by atoms with Crippen molar-refractivity contribution in [1.29, 1.82) is 0 Å². The molecule has 1 amide bonds. The molecule has 4 heterocycles. The smallest absolute Gasteiger partial charge is 0.276 e. The van der Waals surface area contributed by atoms with Crippen molar-refractivity contribution in [3.63, 3.8) is 0 Å². The zero-order valence-corrected chi connectivity index (χ0v) is 22.0. The quantitative estimate of drug-likeness (QED) is 0.380. The van der Waals surface area contributed by atoms with Crippen molar-refractivity contribution < 1.29 is 9.18 Å². The predicted molar refractivity (Wildman–Crippen MR) is 151 cm³/mol. The van der Waals surface area contributed by atoms with Gasteiger partial charge in [0, 0.05) is 30.7 Å². The van der Waals surface area contributed by atoms with Gasteiger partial charge < -0.3 is 5.32 Å². The number of benzene rings is 1. The van der Waals surface area contributed by atoms with E-state index in [1.54, 1.807) is 36.7 Å². The topological polar surface area (TPSA) is 82.8 Å². The first-order valence-corrected chi connectivity index (χ1v) is 13.2. The van der Waals surface area contributed by atoms with E-state index in [-0.39, 0.29) is 17.4 Å². The number of hydrogen-bond donors (Lipinski definition) is 1. The Hall–Kier alpha value is -4.30. The molecule has 7 nitrogen and oxygen atoms in total. The first-order chi connectivity index (χ1) is 19.0. The highest BCUT2D eigenvalue weighted by molar-refractivity contribution is 6.04. The molecule has 1 saturated heterocycles. The highest BCUT2D eigenvalue weighted by atomic mass is 19.1. The Kier molecular flexibility index (Phi) is 8.43. The molecular formula is C31H31FN6O. The molecule has 0 unspecified atom stereocenters. The number of piperidine rings is 1. The third-order valence-electron chi connectivity index (χ3n) is 6.85. The van der Waals surface area contributed by atoms with Crippen LogP contribution in [0, 0.1) is 5.82 Å². The zero-order chi connectivity index (χ0) is 27.0. The fourth-order valence-corrected chi connectivity index (χ4v) is 4.84. The summed E-state index contributed by atoms with van der Waals surface area (Å²) in [6.45, 7) is 5.04. The summed E-state index contributed by atoms with van der Waals surface area (Å²) in [6, 6.07) is 11.9. The van der Waals surface area contributed by atoms with Gasteiger partial charge in [-0.3, -0.25) is 19.7 Å². The van der Waals surface area contributed by atoms with Gasteiger partial charge >= 0.3 is 0 Å². The summed E-state index contributed by atoms with van der Waals surface area (Å²) in [5.74, 6) is -0.699. The first-order valence-electron chi connectivity index (χ1n) is 13.2. The average Bonchev–Trinajstić information content (AvgIpc) is 3.04. The molecule has 1 N–H and O–H groups in total. The van der Waals surface area contributed by atoms with Crippen molar-refractivity contribution in [3.05, 3.63) is 108 Å². The number of aromatic nitrogens is 2. The second-order valence-electron chi connectivity index (χ2n) is 9.87. The number of likely N-dealkylation sites (tertiary alicyclic amines) is 1. The minimum atomic E-state index is -0.372. The molecule has 0 aliphatic carbocycles. The van der Waals surface area contributed by atoms with Crippen LogP contribution in [0.15, 0.2) is 101 Å². The van der Waals surface area contributed by atoms with Crippen molar-refractivity contribution in [1.82, 2.24) is 14.9 Å². The van der Waals surface area contributed by atoms with E-state index in [0.717, 1.165) is 36.3 Å². The van der Waals surface area contributed by atoms with E-state index in [9.17, 15) is 9.18 Å². The van der Waals surface area contributed by atoms with Crippen molar-refractivity contribution in [2.24, 2.45) is 10.2 Å². The van der Waals surface area contributed by atoms with Gasteiger partial charge in [0.25, 0.3) is 5.91 Å². The largest absolute Gasteiger partial charge is 0.319 e. The van der Waals surface area contributed by atoms with E-state index < -0.39 is 0 Å². The number of hydrogen-bond acceptors (Lipinski definition) is 6. The van der Waals surface area contributed by atoms with Crippen molar-refractivity contribution in [3.8, 4) is 11.3 Å². The lowest BCUT2D eigenvalue weighted by Crippen LogP contribution is -2.29. The van der Waals surface area contributed by atoms with Gasteiger partial charge in [0.15, 0.2) is 0 Å². The van der Waals surface area contributed by atoms with Gasteiger partial charge in [-0.2, -0.15) is 5.11 Å². The molecular weight excluding hydrogens is 491 g/mol. The molecule has 8 heteroatoms. The Morgan fingerprint density at radius 3 is 2.69 bits per heavy atom. The van der Waals surface area contributed by atoms with Gasteiger partial charge in [-0.25, -0.2) is 4.39 Å². The first kappa shape index (κ1) is 26.3. The minimum absolute atomic E-state index is 0.249. The van der Waals surface area contributed by atoms with E-state index in [2.05, 4.69) is 36.5 Å². The molecule has 5 rings (SSSR count). The maximum atomic E-state index is 13.6. The van der Waals surface area contributed by atoms with Crippen LogP contribution in [0.2, 0.25) is 0 Å². The average molecular weight is 523 g/mol. The third-order valence-corrected chi connectivity index (χ3v) is 6.85. The van der Waals surface area contributed by atoms with Crippen LogP contribution in [0.5, 0.6) is 0 Å². The molecule has 0 bridgehead atoms. The third kappa shape index (κ3) is 6.97. The summed E-state index contributed by atoms with van der Waals surface area (Å²) >= 11 is 0. The highest BCUT2D eigenvalue weighted by Crippen LogP contribution is 2.27. The lowest BCUT2D eigenvalue weighted by molar-refractivity contribution is -0.113. The number of pyridine rings is 2. The van der Waals surface area contributed by atoms with Gasteiger partial charge in [0.1, 0.15) is 11.5 Å². The van der Waals surface area contributed by atoms with Crippen molar-refractivity contribution >= 4 is 17.2 Å². The highest BCUT2D eigenvalue weighted by Gasteiger charge is 2.17. The number of nitrogens with one attached hydrogen (secondary N) is 1. The molecule has 2 aliphatic rings. The molecule has 0 radical (unpaired) electrons. The standard InChI is InChI=1S/C31H31FN6O/c1-22-15-24(26-16-23(18-33-19-26)21-38-13-3-2-4-14-38)8-6-12-35-37-30(22)31(39)36-28-10-11-29(34-20-28)25-7-5-9-27(32)17-25/h5-12,16-20H,2-4,13-15,21H2,1H3,(H,36,39). The van der Waals surface area contributed by atoms with E-state index in [0.29, 0.717) is 23.4 Å². The second-order valence-corrected chi connectivity index (χ2v) is 9.87. The Labute approximate surface area is 227 Å². The van der Waals surface area contributed by atoms with Crippen LogP contribution in [0.25, 0.3) is 16.8 Å². The molecule has 1 fully saturated rings. The Morgan fingerprint density at radius 2 is 1.90 bits per heavy atom. The van der Waals surface area contributed by atoms with Gasteiger partial charge in [-0.15, -0.1) is 5.11 Å². The number of carbonyl (C=O) groups excluding carboxylic acids is 1. The normalized spacial score (nSPS) is 16.3. The number of nitrogens with zero attached hydrogens (tertiary/aromatic N) is 5. The SMILES string of the molecule is CC1=C(C(=O)Nc2ccc(-c3cccc(F)c3)nc2)N=NC=CC=C(c2cncc(CN3CCCCC3)c2)C1. The molecule has 1 aromatic carbocycles. The van der Waals surface area contributed by atoms with Gasteiger partial charge in [0.2, 0.25) is 0 Å². The van der Waals surface area contributed by atoms with Gasteiger partial charge in [0.05, 0.1) is 17.6 Å². The molecule has 3 aromatic rings. The number of azo groups is 1. The van der Waals surface area contributed by atoms with Crippen LogP contribution in [0.3, 0.4) is 0 Å². The Bertz CT molecular complexity index is 1450. The summed E-state index contributed by atoms with van der Waals surface area (Å²) in [5, 5.41) is 11.1. The Balaban J connectivity index is 1.31. The molecule has 0 atom stereocenters. The fourth-order valence-electron chi connectivity index (χ4n) is 4.84.